The molecule has 110 valence electrons. The summed E-state index contributed by atoms with van der Waals surface area (Å²) in [5.41, 5.74) is 0.630. The molecular weight excluding hydrogens is 272 g/mol. The molecule has 0 atom stereocenters. The second-order valence-electron chi connectivity index (χ2n) is 5.22. The average molecular weight is 289 g/mol. The molecule has 0 bridgehead atoms. The summed E-state index contributed by atoms with van der Waals surface area (Å²) in [6.07, 6.45) is 3.67. The maximum absolute atomic E-state index is 13.2. The molecule has 0 spiro atoms. The molecule has 1 aliphatic heterocycles. The van der Waals surface area contributed by atoms with Crippen molar-refractivity contribution in [2.24, 2.45) is 0 Å². The van der Waals surface area contributed by atoms with Crippen molar-refractivity contribution in [3.8, 4) is 0 Å². The zero-order chi connectivity index (χ0) is 14.7. The van der Waals surface area contributed by atoms with Gasteiger partial charge in [-0.05, 0) is 37.1 Å². The maximum atomic E-state index is 13.2. The van der Waals surface area contributed by atoms with E-state index in [0.717, 1.165) is 37.8 Å². The van der Waals surface area contributed by atoms with Crippen molar-refractivity contribution in [1.82, 2.24) is 4.98 Å². The fourth-order valence-corrected chi connectivity index (χ4v) is 2.62. The van der Waals surface area contributed by atoms with Crippen molar-refractivity contribution >= 4 is 11.5 Å². The van der Waals surface area contributed by atoms with Gasteiger partial charge in [-0.15, -0.1) is 0 Å². The van der Waals surface area contributed by atoms with Gasteiger partial charge in [0.05, 0.1) is 0 Å². The highest BCUT2D eigenvalue weighted by atomic mass is 19.2. The monoisotopic (exact) mass is 289 g/mol. The van der Waals surface area contributed by atoms with Crippen LogP contribution in [0.25, 0.3) is 0 Å². The van der Waals surface area contributed by atoms with E-state index in [1.807, 2.05) is 18.2 Å². The van der Waals surface area contributed by atoms with Crippen LogP contribution >= 0.6 is 0 Å². The van der Waals surface area contributed by atoms with E-state index in [4.69, 9.17) is 0 Å². The minimum atomic E-state index is -0.814. The van der Waals surface area contributed by atoms with E-state index < -0.39 is 11.6 Å². The highest BCUT2D eigenvalue weighted by Crippen LogP contribution is 2.21. The Morgan fingerprint density at radius 2 is 1.86 bits per heavy atom. The van der Waals surface area contributed by atoms with Crippen LogP contribution in [0, 0.1) is 11.6 Å². The quantitative estimate of drug-likeness (QED) is 0.938. The Bertz CT molecular complexity index is 596. The Morgan fingerprint density at radius 3 is 2.52 bits per heavy atom. The molecule has 3 nitrogen and oxygen atoms in total. The predicted octanol–water partition coefficient (Wildman–Crippen LogP) is 3.44. The molecule has 2 aromatic rings. The number of benzene rings is 1. The molecule has 5 heteroatoms. The van der Waals surface area contributed by atoms with Gasteiger partial charge in [0.25, 0.3) is 0 Å². The van der Waals surface area contributed by atoms with Crippen LogP contribution < -0.4 is 10.2 Å². The number of anilines is 2. The Morgan fingerprint density at radius 1 is 1.05 bits per heavy atom. The molecule has 0 saturated carbocycles. The second kappa shape index (κ2) is 6.08. The van der Waals surface area contributed by atoms with E-state index in [2.05, 4.69) is 15.2 Å². The number of hydrogen-bond acceptors (Lipinski definition) is 3. The van der Waals surface area contributed by atoms with Gasteiger partial charge in [0.2, 0.25) is 0 Å². The molecule has 0 amide bonds. The maximum Gasteiger partial charge on any atom is 0.160 e. The van der Waals surface area contributed by atoms with E-state index >= 15 is 0 Å². The van der Waals surface area contributed by atoms with Crippen molar-refractivity contribution in [2.75, 3.05) is 23.3 Å². The van der Waals surface area contributed by atoms with Crippen LogP contribution in [0.15, 0.2) is 42.6 Å². The number of nitrogens with one attached hydrogen (secondary N) is 1. The molecule has 0 radical (unpaired) electrons. The third-order valence-electron chi connectivity index (χ3n) is 3.76. The van der Waals surface area contributed by atoms with E-state index in [1.165, 1.54) is 6.07 Å². The molecule has 1 saturated heterocycles. The molecule has 2 heterocycles. The summed E-state index contributed by atoms with van der Waals surface area (Å²) in [7, 11) is 0. The van der Waals surface area contributed by atoms with Gasteiger partial charge in [-0.2, -0.15) is 0 Å². The second-order valence-corrected chi connectivity index (χ2v) is 5.22. The molecule has 0 unspecified atom stereocenters. The lowest BCUT2D eigenvalue weighted by molar-refractivity contribution is 0.506. The summed E-state index contributed by atoms with van der Waals surface area (Å²) in [6, 6.07) is 10.1. The standard InChI is InChI=1S/C16H17F2N3/c17-14-5-4-13(11-15(14)18)20-12-6-9-21(10-7-12)16-3-1-2-8-19-16/h1-5,8,11-12,20H,6-7,9-10H2. The first-order chi connectivity index (χ1) is 10.2. The number of pyridine rings is 1. The number of aromatic nitrogens is 1. The van der Waals surface area contributed by atoms with Crippen LogP contribution in [0.2, 0.25) is 0 Å². The minimum Gasteiger partial charge on any atom is -0.382 e. The summed E-state index contributed by atoms with van der Waals surface area (Å²) in [6.45, 7) is 1.80. The molecular formula is C16H17F2N3. The van der Waals surface area contributed by atoms with Crippen molar-refractivity contribution in [3.63, 3.8) is 0 Å². The van der Waals surface area contributed by atoms with E-state index in [0.29, 0.717) is 5.69 Å². The van der Waals surface area contributed by atoms with Crippen LogP contribution in [0.1, 0.15) is 12.8 Å². The van der Waals surface area contributed by atoms with Gasteiger partial charge in [0.15, 0.2) is 11.6 Å². The summed E-state index contributed by atoms with van der Waals surface area (Å²) in [5, 5.41) is 3.27. The highest BCUT2D eigenvalue weighted by Gasteiger charge is 2.20. The SMILES string of the molecule is Fc1ccc(NC2CCN(c3ccccn3)CC2)cc1F. The Balaban J connectivity index is 1.57. The minimum absolute atomic E-state index is 0.273. The fraction of sp³-hybridized carbons (Fsp3) is 0.312. The third kappa shape index (κ3) is 3.29. The summed E-state index contributed by atoms with van der Waals surface area (Å²) < 4.78 is 26.1. The van der Waals surface area contributed by atoms with Crippen LogP contribution in [0.4, 0.5) is 20.3 Å². The summed E-state index contributed by atoms with van der Waals surface area (Å²) in [5.74, 6) is -0.639. The van der Waals surface area contributed by atoms with E-state index in [-0.39, 0.29) is 6.04 Å². The zero-order valence-electron chi connectivity index (χ0n) is 11.6. The Labute approximate surface area is 122 Å². The number of piperidine rings is 1. The lowest BCUT2D eigenvalue weighted by atomic mass is 10.0. The third-order valence-corrected chi connectivity index (χ3v) is 3.76. The van der Waals surface area contributed by atoms with Crippen molar-refractivity contribution in [1.29, 1.82) is 0 Å². The number of halogens is 2. The predicted molar refractivity (Wildman–Crippen MR) is 79.5 cm³/mol. The molecule has 21 heavy (non-hydrogen) atoms. The van der Waals surface area contributed by atoms with Gasteiger partial charge in [0, 0.05) is 37.1 Å². The fourth-order valence-electron chi connectivity index (χ4n) is 2.62. The Kier molecular flexibility index (Phi) is 3.99. The molecule has 0 aliphatic carbocycles. The summed E-state index contributed by atoms with van der Waals surface area (Å²) >= 11 is 0. The lowest BCUT2D eigenvalue weighted by Gasteiger charge is -2.33. The lowest BCUT2D eigenvalue weighted by Crippen LogP contribution is -2.39. The molecule has 3 rings (SSSR count). The van der Waals surface area contributed by atoms with Crippen LogP contribution in [-0.2, 0) is 0 Å². The van der Waals surface area contributed by atoms with E-state index in [1.54, 1.807) is 12.3 Å². The first-order valence-electron chi connectivity index (χ1n) is 7.10. The zero-order valence-corrected chi connectivity index (χ0v) is 11.6. The van der Waals surface area contributed by atoms with Gasteiger partial charge < -0.3 is 10.2 Å². The van der Waals surface area contributed by atoms with E-state index in [9.17, 15) is 8.78 Å². The Hall–Kier alpha value is -2.17. The van der Waals surface area contributed by atoms with Crippen LogP contribution in [-0.4, -0.2) is 24.1 Å². The molecule has 1 aliphatic rings. The molecule has 1 N–H and O–H groups in total. The highest BCUT2D eigenvalue weighted by molar-refractivity contribution is 5.45. The molecule has 1 aromatic carbocycles. The molecule has 1 fully saturated rings. The largest absolute Gasteiger partial charge is 0.382 e. The number of rotatable bonds is 3. The van der Waals surface area contributed by atoms with Crippen LogP contribution in [0.3, 0.4) is 0 Å². The number of hydrogen-bond donors (Lipinski definition) is 1. The van der Waals surface area contributed by atoms with Gasteiger partial charge in [-0.1, -0.05) is 6.07 Å². The smallest absolute Gasteiger partial charge is 0.160 e. The average Bonchev–Trinajstić information content (AvgIpc) is 2.53. The van der Waals surface area contributed by atoms with Gasteiger partial charge in [0.1, 0.15) is 5.82 Å². The first kappa shape index (κ1) is 13.8. The van der Waals surface area contributed by atoms with Crippen molar-refractivity contribution in [2.45, 2.75) is 18.9 Å². The molecule has 1 aromatic heterocycles. The first-order valence-corrected chi connectivity index (χ1v) is 7.10. The van der Waals surface area contributed by atoms with Crippen LogP contribution in [0.5, 0.6) is 0 Å². The summed E-state index contributed by atoms with van der Waals surface area (Å²) in [4.78, 5) is 6.59. The van der Waals surface area contributed by atoms with Gasteiger partial charge >= 0.3 is 0 Å². The van der Waals surface area contributed by atoms with Crippen molar-refractivity contribution < 1.29 is 8.78 Å². The number of nitrogens with zero attached hydrogens (tertiary/aromatic N) is 2. The van der Waals surface area contributed by atoms with Crippen molar-refractivity contribution in [3.05, 3.63) is 54.2 Å². The topological polar surface area (TPSA) is 28.2 Å². The van der Waals surface area contributed by atoms with Gasteiger partial charge in [-0.25, -0.2) is 13.8 Å². The normalized spacial score (nSPS) is 16.0. The van der Waals surface area contributed by atoms with Gasteiger partial charge in [-0.3, -0.25) is 0 Å².